The molecule has 0 unspecified atom stereocenters. The Hall–Kier alpha value is -2.22. The molecule has 1 aliphatic carbocycles. The van der Waals surface area contributed by atoms with Crippen LogP contribution in [0.25, 0.3) is 27.9 Å². The first kappa shape index (κ1) is 9.77. The highest BCUT2D eigenvalue weighted by atomic mass is 14.8. The second-order valence-electron chi connectivity index (χ2n) is 4.63. The zero-order chi connectivity index (χ0) is 11.9. The number of hydrogen-bond acceptors (Lipinski definition) is 2. The van der Waals surface area contributed by atoms with E-state index in [9.17, 15) is 0 Å². The van der Waals surface area contributed by atoms with Gasteiger partial charge in [-0.05, 0) is 23.8 Å². The van der Waals surface area contributed by atoms with Crippen LogP contribution in [0.5, 0.6) is 0 Å². The Morgan fingerprint density at radius 1 is 0.889 bits per heavy atom. The number of fused-ring (bicyclic) bond motifs is 6. The summed E-state index contributed by atoms with van der Waals surface area (Å²) < 4.78 is 0. The molecule has 0 aliphatic heterocycles. The third-order valence-electron chi connectivity index (χ3n) is 3.63. The number of nitrogens with zero attached hydrogens (tertiary/aromatic N) is 2. The Morgan fingerprint density at radius 3 is 2.56 bits per heavy atom. The lowest BCUT2D eigenvalue weighted by Crippen LogP contribution is -1.99. The molecule has 18 heavy (non-hydrogen) atoms. The fraction of sp³-hybridized carbons (Fsp3) is 0.125. The molecule has 0 amide bonds. The summed E-state index contributed by atoms with van der Waals surface area (Å²) in [5.41, 5.74) is 4.71. The lowest BCUT2D eigenvalue weighted by Gasteiger charge is -2.16. The quantitative estimate of drug-likeness (QED) is 0.552. The number of benzene rings is 2. The highest BCUT2D eigenvalue weighted by Crippen LogP contribution is 2.34. The van der Waals surface area contributed by atoms with E-state index in [1.807, 2.05) is 0 Å². The van der Waals surface area contributed by atoms with E-state index >= 15 is 0 Å². The number of allylic oxidation sites excluding steroid dienone is 1. The van der Waals surface area contributed by atoms with Gasteiger partial charge in [0, 0.05) is 23.3 Å². The van der Waals surface area contributed by atoms with Crippen molar-refractivity contribution in [1.82, 2.24) is 9.97 Å². The maximum atomic E-state index is 4.53. The van der Waals surface area contributed by atoms with E-state index in [0.29, 0.717) is 0 Å². The minimum absolute atomic E-state index is 1.01. The SMILES string of the molecule is C1=Cc2c(c3ccccc3c3nccnc23)CC1. The van der Waals surface area contributed by atoms with Gasteiger partial charge in [0.15, 0.2) is 0 Å². The van der Waals surface area contributed by atoms with Gasteiger partial charge in [0.1, 0.15) is 0 Å². The molecule has 0 saturated carbocycles. The van der Waals surface area contributed by atoms with E-state index in [1.165, 1.54) is 21.9 Å². The summed E-state index contributed by atoms with van der Waals surface area (Å²) in [6, 6.07) is 8.51. The Morgan fingerprint density at radius 2 is 1.67 bits per heavy atom. The second kappa shape index (κ2) is 3.64. The van der Waals surface area contributed by atoms with Crippen LogP contribution in [0, 0.1) is 0 Å². The first-order valence-electron chi connectivity index (χ1n) is 6.26. The van der Waals surface area contributed by atoms with Crippen molar-refractivity contribution < 1.29 is 0 Å². The van der Waals surface area contributed by atoms with Crippen LogP contribution >= 0.6 is 0 Å². The summed E-state index contributed by atoms with van der Waals surface area (Å²) >= 11 is 0. The predicted octanol–water partition coefficient (Wildman–Crippen LogP) is 3.74. The van der Waals surface area contributed by atoms with Gasteiger partial charge in [-0.1, -0.05) is 36.4 Å². The van der Waals surface area contributed by atoms with Gasteiger partial charge in [-0.2, -0.15) is 0 Å². The number of hydrogen-bond donors (Lipinski definition) is 0. The van der Waals surface area contributed by atoms with Crippen LogP contribution in [0.3, 0.4) is 0 Å². The highest BCUT2D eigenvalue weighted by molar-refractivity contribution is 6.09. The van der Waals surface area contributed by atoms with Crippen molar-refractivity contribution in [2.24, 2.45) is 0 Å². The molecular formula is C16H12N2. The molecule has 1 aromatic heterocycles. The molecule has 0 spiro atoms. The number of rotatable bonds is 0. The van der Waals surface area contributed by atoms with Gasteiger partial charge in [-0.3, -0.25) is 9.97 Å². The molecule has 0 radical (unpaired) electrons. The first-order valence-corrected chi connectivity index (χ1v) is 6.26. The lowest BCUT2D eigenvalue weighted by molar-refractivity contribution is 0.998. The van der Waals surface area contributed by atoms with Gasteiger partial charge in [-0.15, -0.1) is 0 Å². The van der Waals surface area contributed by atoms with Gasteiger partial charge < -0.3 is 0 Å². The van der Waals surface area contributed by atoms with Gasteiger partial charge in [0.25, 0.3) is 0 Å². The van der Waals surface area contributed by atoms with Gasteiger partial charge in [0.05, 0.1) is 11.0 Å². The summed E-state index contributed by atoms with van der Waals surface area (Å²) in [6.07, 6.45) is 10.2. The zero-order valence-electron chi connectivity index (χ0n) is 9.93. The molecule has 0 bridgehead atoms. The molecule has 0 fully saturated rings. The second-order valence-corrected chi connectivity index (χ2v) is 4.63. The van der Waals surface area contributed by atoms with Crippen molar-refractivity contribution in [3.05, 3.63) is 53.9 Å². The normalized spacial score (nSPS) is 14.0. The van der Waals surface area contributed by atoms with Gasteiger partial charge in [-0.25, -0.2) is 0 Å². The van der Waals surface area contributed by atoms with E-state index in [0.717, 1.165) is 23.9 Å². The van der Waals surface area contributed by atoms with E-state index in [1.54, 1.807) is 12.4 Å². The van der Waals surface area contributed by atoms with Crippen molar-refractivity contribution in [2.45, 2.75) is 12.8 Å². The minimum atomic E-state index is 1.01. The summed E-state index contributed by atoms with van der Waals surface area (Å²) in [7, 11) is 0. The molecule has 1 aliphatic rings. The number of aromatic nitrogens is 2. The van der Waals surface area contributed by atoms with Crippen LogP contribution < -0.4 is 0 Å². The Kier molecular flexibility index (Phi) is 1.97. The van der Waals surface area contributed by atoms with Crippen molar-refractivity contribution in [3.63, 3.8) is 0 Å². The average Bonchev–Trinajstić information content (AvgIpc) is 2.48. The average molecular weight is 232 g/mol. The molecule has 2 nitrogen and oxygen atoms in total. The van der Waals surface area contributed by atoms with E-state index in [2.05, 4.69) is 46.4 Å². The molecule has 3 aromatic rings. The molecular weight excluding hydrogens is 220 g/mol. The maximum Gasteiger partial charge on any atom is 0.0971 e. The van der Waals surface area contributed by atoms with Crippen LogP contribution in [0.1, 0.15) is 17.5 Å². The van der Waals surface area contributed by atoms with Crippen molar-refractivity contribution >= 4 is 27.9 Å². The van der Waals surface area contributed by atoms with Crippen LogP contribution in [-0.2, 0) is 6.42 Å². The first-order chi connectivity index (χ1) is 8.95. The summed E-state index contributed by atoms with van der Waals surface area (Å²) in [5, 5.41) is 2.54. The highest BCUT2D eigenvalue weighted by Gasteiger charge is 2.15. The van der Waals surface area contributed by atoms with Crippen LogP contribution in [0.4, 0.5) is 0 Å². The largest absolute Gasteiger partial charge is 0.252 e. The molecule has 2 aromatic carbocycles. The van der Waals surface area contributed by atoms with Crippen molar-refractivity contribution in [2.75, 3.05) is 0 Å². The van der Waals surface area contributed by atoms with Gasteiger partial charge in [0.2, 0.25) is 0 Å². The van der Waals surface area contributed by atoms with Crippen molar-refractivity contribution in [1.29, 1.82) is 0 Å². The molecule has 0 saturated heterocycles. The summed E-state index contributed by atoms with van der Waals surface area (Å²) in [5.74, 6) is 0. The molecule has 1 heterocycles. The summed E-state index contributed by atoms with van der Waals surface area (Å²) in [6.45, 7) is 0. The standard InChI is InChI=1S/C16H12N2/c1-3-7-13-11(5-1)12-6-2-4-8-14(12)16-15(13)17-9-10-18-16/h1,3-5,7-10H,2,6H2. The minimum Gasteiger partial charge on any atom is -0.252 e. The monoisotopic (exact) mass is 232 g/mol. The Bertz CT molecular complexity index is 788. The third-order valence-corrected chi connectivity index (χ3v) is 3.63. The smallest absolute Gasteiger partial charge is 0.0971 e. The number of aryl methyl sites for hydroxylation is 1. The Labute approximate surface area is 105 Å². The van der Waals surface area contributed by atoms with Gasteiger partial charge >= 0.3 is 0 Å². The molecule has 2 heteroatoms. The summed E-state index contributed by atoms with van der Waals surface area (Å²) in [4.78, 5) is 9.05. The lowest BCUT2D eigenvalue weighted by atomic mass is 9.90. The Balaban J connectivity index is 2.33. The molecule has 4 rings (SSSR count). The van der Waals surface area contributed by atoms with E-state index < -0.39 is 0 Å². The zero-order valence-corrected chi connectivity index (χ0v) is 9.93. The van der Waals surface area contributed by atoms with Crippen LogP contribution in [0.15, 0.2) is 42.7 Å². The van der Waals surface area contributed by atoms with Crippen LogP contribution in [0.2, 0.25) is 0 Å². The van der Waals surface area contributed by atoms with Crippen LogP contribution in [-0.4, -0.2) is 9.97 Å². The predicted molar refractivity (Wildman–Crippen MR) is 74.4 cm³/mol. The third kappa shape index (κ3) is 1.23. The fourth-order valence-corrected chi connectivity index (χ4v) is 2.85. The molecule has 0 N–H and O–H groups in total. The fourth-order valence-electron chi connectivity index (χ4n) is 2.85. The topological polar surface area (TPSA) is 25.8 Å². The van der Waals surface area contributed by atoms with Crippen molar-refractivity contribution in [3.8, 4) is 0 Å². The molecule has 86 valence electrons. The van der Waals surface area contributed by atoms with E-state index in [-0.39, 0.29) is 0 Å². The maximum absolute atomic E-state index is 4.53. The molecule has 0 atom stereocenters. The van der Waals surface area contributed by atoms with E-state index in [4.69, 9.17) is 0 Å².